The van der Waals surface area contributed by atoms with Gasteiger partial charge in [-0.3, -0.25) is 4.98 Å². The van der Waals surface area contributed by atoms with Crippen LogP contribution in [0.3, 0.4) is 0 Å². The fourth-order valence-electron chi connectivity index (χ4n) is 2.62. The van der Waals surface area contributed by atoms with Crippen molar-refractivity contribution in [3.8, 4) is 0 Å². The highest BCUT2D eigenvalue weighted by Crippen LogP contribution is 2.29. The van der Waals surface area contributed by atoms with Crippen LogP contribution in [0.1, 0.15) is 56.4 Å². The monoisotopic (exact) mass is 275 g/mol. The molecule has 0 fully saturated rings. The first-order chi connectivity index (χ1) is 9.36. The van der Waals surface area contributed by atoms with Crippen LogP contribution >= 0.6 is 0 Å². The summed E-state index contributed by atoms with van der Waals surface area (Å²) in [6.07, 6.45) is 0.529. The topological polar surface area (TPSA) is 68.0 Å². The summed E-state index contributed by atoms with van der Waals surface area (Å²) in [5, 5.41) is 9.49. The summed E-state index contributed by atoms with van der Waals surface area (Å²) in [4.78, 5) is 20.6. The fraction of sp³-hybridized carbons (Fsp3) is 0.533. The van der Waals surface area contributed by atoms with E-state index in [0.717, 1.165) is 28.2 Å². The Kier molecular flexibility index (Phi) is 3.79. The second kappa shape index (κ2) is 5.23. The minimum atomic E-state index is -0.819. The highest BCUT2D eigenvalue weighted by atomic mass is 16.4. The molecule has 1 N–H and O–H groups in total. The van der Waals surface area contributed by atoms with Crippen LogP contribution in [0.5, 0.6) is 0 Å². The number of imidazole rings is 1. The van der Waals surface area contributed by atoms with E-state index in [1.807, 2.05) is 45.3 Å². The summed E-state index contributed by atoms with van der Waals surface area (Å²) >= 11 is 0. The summed E-state index contributed by atoms with van der Waals surface area (Å²) in [7, 11) is 0. The molecule has 0 aromatic carbocycles. The third-order valence-corrected chi connectivity index (χ3v) is 3.51. The molecule has 0 aliphatic carbocycles. The minimum Gasteiger partial charge on any atom is -0.480 e. The quantitative estimate of drug-likeness (QED) is 0.930. The highest BCUT2D eigenvalue weighted by Gasteiger charge is 2.25. The van der Waals surface area contributed by atoms with Gasteiger partial charge in [-0.1, -0.05) is 20.8 Å². The van der Waals surface area contributed by atoms with Gasteiger partial charge in [0.25, 0.3) is 0 Å². The van der Waals surface area contributed by atoms with Crippen LogP contribution in [0.25, 0.3) is 11.0 Å². The second-order valence-corrected chi connectivity index (χ2v) is 5.47. The van der Waals surface area contributed by atoms with Gasteiger partial charge in [-0.15, -0.1) is 0 Å². The van der Waals surface area contributed by atoms with E-state index in [1.54, 1.807) is 0 Å². The predicted molar refractivity (Wildman–Crippen MR) is 78.1 cm³/mol. The van der Waals surface area contributed by atoms with Gasteiger partial charge in [-0.25, -0.2) is 9.78 Å². The molecule has 2 rings (SSSR count). The summed E-state index contributed by atoms with van der Waals surface area (Å²) in [6.45, 7) is 9.78. The van der Waals surface area contributed by atoms with Crippen molar-refractivity contribution in [1.29, 1.82) is 0 Å². The van der Waals surface area contributed by atoms with Crippen molar-refractivity contribution < 1.29 is 9.90 Å². The van der Waals surface area contributed by atoms with E-state index < -0.39 is 12.0 Å². The number of carbonyl (C=O) groups is 1. The van der Waals surface area contributed by atoms with Gasteiger partial charge in [0.2, 0.25) is 0 Å². The molecule has 0 aliphatic heterocycles. The van der Waals surface area contributed by atoms with Crippen molar-refractivity contribution in [3.63, 3.8) is 0 Å². The van der Waals surface area contributed by atoms with E-state index in [0.29, 0.717) is 6.42 Å². The van der Waals surface area contributed by atoms with Gasteiger partial charge in [-0.2, -0.15) is 0 Å². The van der Waals surface area contributed by atoms with Crippen LogP contribution in [0.15, 0.2) is 6.07 Å². The first-order valence-electron chi connectivity index (χ1n) is 6.95. The number of aromatic nitrogens is 3. The zero-order chi connectivity index (χ0) is 15.0. The van der Waals surface area contributed by atoms with Crippen molar-refractivity contribution >= 4 is 17.0 Å². The van der Waals surface area contributed by atoms with Crippen LogP contribution in [0, 0.1) is 13.8 Å². The zero-order valence-corrected chi connectivity index (χ0v) is 12.6. The molecule has 0 bridgehead atoms. The molecule has 5 heteroatoms. The lowest BCUT2D eigenvalue weighted by Gasteiger charge is -2.18. The molecular formula is C15H21N3O2. The fourth-order valence-corrected chi connectivity index (χ4v) is 2.62. The minimum absolute atomic E-state index is 0.163. The highest BCUT2D eigenvalue weighted by molar-refractivity contribution is 5.82. The first kappa shape index (κ1) is 14.5. The molecule has 0 saturated heterocycles. The smallest absolute Gasteiger partial charge is 0.326 e. The number of carboxylic acids is 1. The average Bonchev–Trinajstić information content (AvgIpc) is 2.70. The molecule has 1 atom stereocenters. The molecule has 0 saturated carbocycles. The molecule has 20 heavy (non-hydrogen) atoms. The van der Waals surface area contributed by atoms with Crippen molar-refractivity contribution in [3.05, 3.63) is 23.3 Å². The number of fused-ring (bicyclic) bond motifs is 1. The maximum absolute atomic E-state index is 11.6. The van der Waals surface area contributed by atoms with Gasteiger partial charge in [0.15, 0.2) is 0 Å². The molecule has 2 aromatic rings. The summed E-state index contributed by atoms with van der Waals surface area (Å²) in [5.41, 5.74) is 3.40. The van der Waals surface area contributed by atoms with E-state index in [2.05, 4.69) is 9.97 Å². The Morgan fingerprint density at radius 2 is 2.00 bits per heavy atom. The Labute approximate surface area is 118 Å². The number of pyridine rings is 1. The SMILES string of the molecule is CCC(C(=O)O)n1c(C(C)C)nc2c(C)nc(C)cc21. The number of hydrogen-bond donors (Lipinski definition) is 1. The standard InChI is InChI=1S/C15H21N3O2/c1-6-11(15(19)20)18-12-7-9(4)16-10(5)13(12)17-14(18)8(2)3/h7-8,11H,6H2,1-5H3,(H,19,20). The predicted octanol–water partition coefficient (Wildman–Crippen LogP) is 3.21. The van der Waals surface area contributed by atoms with Crippen LogP contribution in [0.2, 0.25) is 0 Å². The van der Waals surface area contributed by atoms with Crippen molar-refractivity contribution in [2.24, 2.45) is 0 Å². The van der Waals surface area contributed by atoms with Crippen LogP contribution in [0.4, 0.5) is 0 Å². The summed E-state index contributed by atoms with van der Waals surface area (Å²) in [5.74, 6) is 0.154. The normalized spacial score (nSPS) is 13.1. The van der Waals surface area contributed by atoms with Gasteiger partial charge in [-0.05, 0) is 26.3 Å². The number of hydrogen-bond acceptors (Lipinski definition) is 3. The second-order valence-electron chi connectivity index (χ2n) is 5.47. The Morgan fingerprint density at radius 3 is 2.50 bits per heavy atom. The molecule has 0 aliphatic rings. The lowest BCUT2D eigenvalue weighted by molar-refractivity contribution is -0.140. The van der Waals surface area contributed by atoms with Gasteiger partial charge in [0, 0.05) is 11.6 Å². The molecule has 1 unspecified atom stereocenters. The van der Waals surface area contributed by atoms with Gasteiger partial charge in [0.1, 0.15) is 17.4 Å². The Balaban J connectivity index is 2.84. The Morgan fingerprint density at radius 1 is 1.35 bits per heavy atom. The van der Waals surface area contributed by atoms with E-state index in [9.17, 15) is 9.90 Å². The third-order valence-electron chi connectivity index (χ3n) is 3.51. The molecule has 0 radical (unpaired) electrons. The number of aliphatic carboxylic acids is 1. The van der Waals surface area contributed by atoms with Crippen LogP contribution < -0.4 is 0 Å². The molecule has 108 valence electrons. The third kappa shape index (κ3) is 2.28. The molecule has 0 spiro atoms. The number of aryl methyl sites for hydroxylation is 2. The van der Waals surface area contributed by atoms with Gasteiger partial charge < -0.3 is 9.67 Å². The number of nitrogens with zero attached hydrogens (tertiary/aromatic N) is 3. The molecule has 0 amide bonds. The van der Waals surface area contributed by atoms with Gasteiger partial charge in [0.05, 0.1) is 11.2 Å². The number of carboxylic acid groups (broad SMARTS) is 1. The lowest BCUT2D eigenvalue weighted by atomic mass is 10.1. The molecule has 5 nitrogen and oxygen atoms in total. The van der Waals surface area contributed by atoms with Crippen LogP contribution in [-0.4, -0.2) is 25.6 Å². The molecule has 2 aromatic heterocycles. The lowest BCUT2D eigenvalue weighted by Crippen LogP contribution is -2.21. The van der Waals surface area contributed by atoms with Crippen molar-refractivity contribution in [2.45, 2.75) is 53.0 Å². The average molecular weight is 275 g/mol. The zero-order valence-electron chi connectivity index (χ0n) is 12.6. The van der Waals surface area contributed by atoms with Crippen molar-refractivity contribution in [1.82, 2.24) is 14.5 Å². The van der Waals surface area contributed by atoms with E-state index >= 15 is 0 Å². The van der Waals surface area contributed by atoms with Crippen LogP contribution in [-0.2, 0) is 4.79 Å². The summed E-state index contributed by atoms with van der Waals surface area (Å²) in [6, 6.07) is 1.34. The summed E-state index contributed by atoms with van der Waals surface area (Å²) < 4.78 is 1.87. The molecular weight excluding hydrogens is 254 g/mol. The maximum Gasteiger partial charge on any atom is 0.326 e. The Bertz CT molecular complexity index is 659. The Hall–Kier alpha value is -1.91. The first-order valence-corrected chi connectivity index (χ1v) is 6.95. The van der Waals surface area contributed by atoms with Gasteiger partial charge >= 0.3 is 5.97 Å². The van der Waals surface area contributed by atoms with E-state index in [1.165, 1.54) is 0 Å². The maximum atomic E-state index is 11.6. The van der Waals surface area contributed by atoms with E-state index in [-0.39, 0.29) is 5.92 Å². The molecule has 2 heterocycles. The number of rotatable bonds is 4. The van der Waals surface area contributed by atoms with Crippen molar-refractivity contribution in [2.75, 3.05) is 0 Å². The largest absolute Gasteiger partial charge is 0.480 e. The van der Waals surface area contributed by atoms with E-state index in [4.69, 9.17) is 0 Å².